The van der Waals surface area contributed by atoms with Crippen molar-refractivity contribution in [2.45, 2.75) is 63.9 Å². The molecule has 2 saturated heterocycles. The number of ether oxygens (including phenoxy) is 2. The van der Waals surface area contributed by atoms with Crippen LogP contribution in [0.3, 0.4) is 0 Å². The van der Waals surface area contributed by atoms with E-state index in [9.17, 15) is 0 Å². The first-order valence-corrected chi connectivity index (χ1v) is 8.12. The van der Waals surface area contributed by atoms with E-state index < -0.39 is 0 Å². The molecule has 0 amide bonds. The molecular formula is C17H24ClNO2. The molecule has 2 fully saturated rings. The highest BCUT2D eigenvalue weighted by Crippen LogP contribution is 2.55. The first-order chi connectivity index (χ1) is 9.90. The minimum absolute atomic E-state index is 0.0269. The summed E-state index contributed by atoms with van der Waals surface area (Å²) in [5.41, 5.74) is 6.47. The SMILES string of the molecule is CC(C)[C@@]12CC[C@@](C)(O1)[C@H](Oc1cccc(Cl)c1CN)C2. The van der Waals surface area contributed by atoms with Crippen LogP contribution in [0.1, 0.15) is 45.6 Å². The molecule has 3 rings (SSSR count). The van der Waals surface area contributed by atoms with E-state index in [1.807, 2.05) is 18.2 Å². The van der Waals surface area contributed by atoms with Crippen molar-refractivity contribution in [2.75, 3.05) is 0 Å². The largest absolute Gasteiger partial charge is 0.487 e. The van der Waals surface area contributed by atoms with Gasteiger partial charge in [-0.1, -0.05) is 31.5 Å². The lowest BCUT2D eigenvalue weighted by Crippen LogP contribution is -2.40. The number of nitrogens with two attached hydrogens (primary N) is 1. The molecule has 0 radical (unpaired) electrons. The second-order valence-electron chi connectivity index (χ2n) is 6.87. The molecule has 116 valence electrons. The molecule has 3 atom stereocenters. The van der Waals surface area contributed by atoms with Crippen LogP contribution in [0.25, 0.3) is 0 Å². The zero-order chi connectivity index (χ0) is 15.3. The van der Waals surface area contributed by atoms with E-state index in [4.69, 9.17) is 26.8 Å². The Kier molecular flexibility index (Phi) is 3.71. The summed E-state index contributed by atoms with van der Waals surface area (Å²) in [6.07, 6.45) is 3.18. The molecular weight excluding hydrogens is 286 g/mol. The Bertz CT molecular complexity index is 548. The van der Waals surface area contributed by atoms with E-state index in [1.165, 1.54) is 0 Å². The fraction of sp³-hybridized carbons (Fsp3) is 0.647. The number of halogens is 1. The minimum atomic E-state index is -0.196. The van der Waals surface area contributed by atoms with Gasteiger partial charge in [-0.25, -0.2) is 0 Å². The van der Waals surface area contributed by atoms with E-state index in [2.05, 4.69) is 20.8 Å². The lowest BCUT2D eigenvalue weighted by atomic mass is 9.75. The zero-order valence-electron chi connectivity index (χ0n) is 13.0. The van der Waals surface area contributed by atoms with E-state index in [1.54, 1.807) is 0 Å². The zero-order valence-corrected chi connectivity index (χ0v) is 13.7. The van der Waals surface area contributed by atoms with E-state index in [0.717, 1.165) is 30.6 Å². The minimum Gasteiger partial charge on any atom is -0.487 e. The van der Waals surface area contributed by atoms with Crippen molar-refractivity contribution in [3.05, 3.63) is 28.8 Å². The molecule has 1 aromatic carbocycles. The highest BCUT2D eigenvalue weighted by Gasteiger charge is 2.61. The normalized spacial score (nSPS) is 34.7. The molecule has 2 aliphatic heterocycles. The number of hydrogen-bond acceptors (Lipinski definition) is 3. The van der Waals surface area contributed by atoms with Crippen LogP contribution in [-0.4, -0.2) is 17.3 Å². The van der Waals surface area contributed by atoms with E-state index in [0.29, 0.717) is 17.5 Å². The predicted molar refractivity (Wildman–Crippen MR) is 84.7 cm³/mol. The molecule has 2 aliphatic rings. The van der Waals surface area contributed by atoms with Crippen molar-refractivity contribution in [3.63, 3.8) is 0 Å². The molecule has 0 unspecified atom stereocenters. The van der Waals surface area contributed by atoms with Gasteiger partial charge in [0, 0.05) is 23.6 Å². The molecule has 2 N–H and O–H groups in total. The van der Waals surface area contributed by atoms with Crippen molar-refractivity contribution in [2.24, 2.45) is 11.7 Å². The Morgan fingerprint density at radius 2 is 2.19 bits per heavy atom. The predicted octanol–water partition coefficient (Wildman–Crippen LogP) is 3.91. The van der Waals surface area contributed by atoms with Crippen LogP contribution in [0.15, 0.2) is 18.2 Å². The summed E-state index contributed by atoms with van der Waals surface area (Å²) >= 11 is 6.22. The van der Waals surface area contributed by atoms with E-state index in [-0.39, 0.29) is 17.3 Å². The summed E-state index contributed by atoms with van der Waals surface area (Å²) in [6, 6.07) is 5.71. The van der Waals surface area contributed by atoms with Gasteiger partial charge in [-0.05, 0) is 37.8 Å². The Morgan fingerprint density at radius 1 is 1.43 bits per heavy atom. The molecule has 0 saturated carbocycles. The van der Waals surface area contributed by atoms with Gasteiger partial charge >= 0.3 is 0 Å². The lowest BCUT2D eigenvalue weighted by molar-refractivity contribution is -0.0770. The Morgan fingerprint density at radius 3 is 2.81 bits per heavy atom. The number of rotatable bonds is 4. The maximum Gasteiger partial charge on any atom is 0.130 e. The lowest BCUT2D eigenvalue weighted by Gasteiger charge is -2.32. The van der Waals surface area contributed by atoms with Crippen molar-refractivity contribution in [3.8, 4) is 5.75 Å². The third-order valence-corrected chi connectivity index (χ3v) is 5.65. The molecule has 0 spiro atoms. The van der Waals surface area contributed by atoms with Gasteiger partial charge in [-0.2, -0.15) is 0 Å². The maximum absolute atomic E-state index is 6.41. The highest BCUT2D eigenvalue weighted by molar-refractivity contribution is 6.31. The fourth-order valence-corrected chi connectivity index (χ4v) is 3.98. The summed E-state index contributed by atoms with van der Waals surface area (Å²) in [6.45, 7) is 7.02. The number of fused-ring (bicyclic) bond motifs is 2. The number of hydrogen-bond donors (Lipinski definition) is 1. The molecule has 0 aliphatic carbocycles. The third kappa shape index (κ3) is 2.36. The summed E-state index contributed by atoms with van der Waals surface area (Å²) in [4.78, 5) is 0. The van der Waals surface area contributed by atoms with Gasteiger partial charge < -0.3 is 15.2 Å². The molecule has 2 heterocycles. The second-order valence-corrected chi connectivity index (χ2v) is 7.27. The molecule has 3 nitrogen and oxygen atoms in total. The Hall–Kier alpha value is -0.770. The molecule has 21 heavy (non-hydrogen) atoms. The van der Waals surface area contributed by atoms with Gasteiger partial charge in [0.15, 0.2) is 0 Å². The average molecular weight is 310 g/mol. The third-order valence-electron chi connectivity index (χ3n) is 5.29. The van der Waals surface area contributed by atoms with Gasteiger partial charge in [0.25, 0.3) is 0 Å². The fourth-order valence-electron chi connectivity index (χ4n) is 3.74. The second kappa shape index (κ2) is 5.15. The smallest absolute Gasteiger partial charge is 0.130 e. The Balaban J connectivity index is 1.86. The van der Waals surface area contributed by atoms with Crippen LogP contribution in [0, 0.1) is 5.92 Å². The van der Waals surface area contributed by atoms with Crippen molar-refractivity contribution in [1.82, 2.24) is 0 Å². The van der Waals surface area contributed by atoms with Gasteiger partial charge in [0.05, 0.1) is 5.60 Å². The molecule has 2 bridgehead atoms. The van der Waals surface area contributed by atoms with Crippen molar-refractivity contribution < 1.29 is 9.47 Å². The molecule has 0 aromatic heterocycles. The van der Waals surface area contributed by atoms with E-state index >= 15 is 0 Å². The first-order valence-electron chi connectivity index (χ1n) is 7.74. The average Bonchev–Trinajstić information content (AvgIpc) is 2.91. The topological polar surface area (TPSA) is 44.5 Å². The highest BCUT2D eigenvalue weighted by atomic mass is 35.5. The van der Waals surface area contributed by atoms with Gasteiger partial charge in [0.1, 0.15) is 17.5 Å². The molecule has 1 aromatic rings. The maximum atomic E-state index is 6.41. The molecule has 4 heteroatoms. The van der Waals surface area contributed by atoms with Gasteiger partial charge in [-0.3, -0.25) is 0 Å². The van der Waals surface area contributed by atoms with Gasteiger partial charge in [0.2, 0.25) is 0 Å². The van der Waals surface area contributed by atoms with Crippen LogP contribution in [-0.2, 0) is 11.3 Å². The van der Waals surface area contributed by atoms with Crippen LogP contribution >= 0.6 is 11.6 Å². The summed E-state index contributed by atoms with van der Waals surface area (Å²) in [7, 11) is 0. The van der Waals surface area contributed by atoms with Crippen LogP contribution in [0.2, 0.25) is 5.02 Å². The van der Waals surface area contributed by atoms with Crippen LogP contribution in [0.4, 0.5) is 0 Å². The first kappa shape index (κ1) is 15.1. The summed E-state index contributed by atoms with van der Waals surface area (Å²) in [5.74, 6) is 1.30. The van der Waals surface area contributed by atoms with Crippen molar-refractivity contribution in [1.29, 1.82) is 0 Å². The van der Waals surface area contributed by atoms with Crippen molar-refractivity contribution >= 4 is 11.6 Å². The summed E-state index contributed by atoms with van der Waals surface area (Å²) < 4.78 is 12.7. The number of benzene rings is 1. The van der Waals surface area contributed by atoms with Gasteiger partial charge in [-0.15, -0.1) is 0 Å². The standard InChI is InChI=1S/C17H24ClNO2/c1-11(2)17-8-7-16(3,21-17)15(9-17)20-14-6-4-5-13(18)12(14)10-19/h4-6,11,15H,7-10,19H2,1-3H3/t15-,16-,17+/m1/s1. The monoisotopic (exact) mass is 309 g/mol. The Labute approximate surface area is 131 Å². The summed E-state index contributed by atoms with van der Waals surface area (Å²) in [5, 5.41) is 0.669. The van der Waals surface area contributed by atoms with Crippen LogP contribution in [0.5, 0.6) is 5.75 Å². The quantitative estimate of drug-likeness (QED) is 0.917. The van der Waals surface area contributed by atoms with Crippen LogP contribution < -0.4 is 10.5 Å².